The summed E-state index contributed by atoms with van der Waals surface area (Å²) >= 11 is 0. The monoisotopic (exact) mass is 433 g/mol. The van der Waals surface area contributed by atoms with Gasteiger partial charge in [0, 0.05) is 18.0 Å². The Morgan fingerprint density at radius 2 is 1.84 bits per heavy atom. The summed E-state index contributed by atoms with van der Waals surface area (Å²) in [7, 11) is 0. The molecule has 8 nitrogen and oxygen atoms in total. The first-order valence-electron chi connectivity index (χ1n) is 10.7. The number of likely N-dealkylation sites (tertiary alicyclic amines) is 1. The smallest absolute Gasteiger partial charge is 0.335 e. The molecule has 0 spiro atoms. The Morgan fingerprint density at radius 3 is 2.45 bits per heavy atom. The highest BCUT2D eigenvalue weighted by molar-refractivity contribution is 5.83. The van der Waals surface area contributed by atoms with Crippen LogP contribution in [-0.2, 0) is 21.4 Å². The van der Waals surface area contributed by atoms with Crippen molar-refractivity contribution in [1.29, 1.82) is 0 Å². The average molecular weight is 434 g/mol. The first-order chi connectivity index (χ1) is 14.7. The normalized spacial score (nSPS) is 28.7. The van der Waals surface area contributed by atoms with E-state index in [0.717, 1.165) is 18.9 Å². The van der Waals surface area contributed by atoms with Crippen molar-refractivity contribution in [3.05, 3.63) is 42.0 Å². The summed E-state index contributed by atoms with van der Waals surface area (Å²) in [6, 6.07) is 6.79. The number of aliphatic hydroxyl groups excluding tert-OH is 2. The van der Waals surface area contributed by atoms with E-state index in [4.69, 9.17) is 20.4 Å². The Bertz CT molecular complexity index is 823. The molecule has 5 atom stereocenters. The van der Waals surface area contributed by atoms with Gasteiger partial charge in [0.25, 0.3) is 0 Å². The number of phenolic OH excluding ortho intramolecular Hbond substituents is 1. The zero-order chi connectivity index (χ0) is 22.8. The van der Waals surface area contributed by atoms with E-state index in [0.29, 0.717) is 17.2 Å². The van der Waals surface area contributed by atoms with Crippen LogP contribution in [0.4, 0.5) is 0 Å². The van der Waals surface area contributed by atoms with Crippen molar-refractivity contribution < 1.29 is 35.1 Å². The molecule has 0 amide bonds. The minimum absolute atomic E-state index is 0.340. The van der Waals surface area contributed by atoms with Crippen molar-refractivity contribution >= 4 is 11.9 Å². The Balaban J connectivity index is 0.000000233. The van der Waals surface area contributed by atoms with Crippen LogP contribution in [0.2, 0.25) is 0 Å². The van der Waals surface area contributed by atoms with Gasteiger partial charge in [0.15, 0.2) is 12.2 Å². The molecule has 3 aliphatic rings. The lowest BCUT2D eigenvalue weighted by molar-refractivity contribution is -0.165. The number of hydrogen-bond donors (Lipinski definition) is 5. The van der Waals surface area contributed by atoms with Crippen LogP contribution in [-0.4, -0.2) is 73.7 Å². The van der Waals surface area contributed by atoms with Crippen LogP contribution < -0.4 is 0 Å². The molecule has 2 unspecified atom stereocenters. The number of phenols is 1. The first-order valence-corrected chi connectivity index (χ1v) is 10.7. The summed E-state index contributed by atoms with van der Waals surface area (Å²) in [4.78, 5) is 22.2. The largest absolute Gasteiger partial charge is 0.508 e. The van der Waals surface area contributed by atoms with E-state index in [9.17, 15) is 14.7 Å². The third kappa shape index (κ3) is 4.46. The SMILES string of the molecule is C=CCN1CC[C@@]23CCCC[C@H]2[C@@H]1Cc1ccc(O)cc13.O=C(O)C(O)C(O)C(=O)O. The van der Waals surface area contributed by atoms with Gasteiger partial charge in [0.05, 0.1) is 0 Å². The van der Waals surface area contributed by atoms with E-state index in [-0.39, 0.29) is 0 Å². The van der Waals surface area contributed by atoms with E-state index in [2.05, 4.69) is 29.7 Å². The molecule has 1 saturated carbocycles. The number of piperidine rings is 1. The Kier molecular flexibility index (Phi) is 7.03. The van der Waals surface area contributed by atoms with Crippen LogP contribution >= 0.6 is 0 Å². The minimum atomic E-state index is -2.27. The highest BCUT2D eigenvalue weighted by atomic mass is 16.4. The molecule has 1 heterocycles. The summed E-state index contributed by atoms with van der Waals surface area (Å²) in [5.41, 5.74) is 3.29. The highest BCUT2D eigenvalue weighted by Gasteiger charge is 2.53. The molecule has 4 rings (SSSR count). The Labute approximate surface area is 181 Å². The predicted molar refractivity (Wildman–Crippen MR) is 113 cm³/mol. The van der Waals surface area contributed by atoms with E-state index >= 15 is 0 Å². The quantitative estimate of drug-likeness (QED) is 0.441. The van der Waals surface area contributed by atoms with Gasteiger partial charge in [0.1, 0.15) is 5.75 Å². The minimum Gasteiger partial charge on any atom is -0.508 e. The van der Waals surface area contributed by atoms with Gasteiger partial charge in [-0.05, 0) is 61.4 Å². The van der Waals surface area contributed by atoms with Crippen molar-refractivity contribution in [2.24, 2.45) is 5.92 Å². The standard InChI is InChI=1S/C19H25NO.C4H6O6/c1-2-10-20-11-9-19-8-4-3-5-16(19)18(20)12-14-6-7-15(21)13-17(14)19;5-1(3(7)8)2(6)4(9)10/h2,6-7,13,16,18,21H,1,3-5,8-12H2;1-2,5-6H,(H,7,8)(H,9,10)/t16-,18-,19-;/m0./s1. The van der Waals surface area contributed by atoms with E-state index in [1.54, 1.807) is 0 Å². The zero-order valence-corrected chi connectivity index (χ0v) is 17.5. The number of aromatic hydroxyl groups is 1. The molecule has 0 radical (unpaired) electrons. The van der Waals surface area contributed by atoms with Crippen LogP contribution in [0.5, 0.6) is 5.75 Å². The molecule has 1 aromatic carbocycles. The predicted octanol–water partition coefficient (Wildman–Crippen LogP) is 1.51. The van der Waals surface area contributed by atoms with Gasteiger partial charge >= 0.3 is 11.9 Å². The molecule has 2 fully saturated rings. The number of carboxylic acid groups (broad SMARTS) is 2. The third-order valence-electron chi connectivity index (χ3n) is 7.10. The number of aliphatic carboxylic acids is 2. The molecule has 5 N–H and O–H groups in total. The van der Waals surface area contributed by atoms with Crippen molar-refractivity contribution in [3.63, 3.8) is 0 Å². The van der Waals surface area contributed by atoms with Crippen molar-refractivity contribution in [1.82, 2.24) is 4.90 Å². The van der Waals surface area contributed by atoms with Gasteiger partial charge in [0.2, 0.25) is 0 Å². The van der Waals surface area contributed by atoms with Gasteiger partial charge in [-0.2, -0.15) is 0 Å². The summed E-state index contributed by atoms with van der Waals surface area (Å²) in [5, 5.41) is 42.5. The van der Waals surface area contributed by atoms with Gasteiger partial charge in [-0.15, -0.1) is 6.58 Å². The third-order valence-corrected chi connectivity index (χ3v) is 7.10. The molecule has 2 aliphatic carbocycles. The lowest BCUT2D eigenvalue weighted by atomic mass is 9.52. The molecule has 31 heavy (non-hydrogen) atoms. The number of rotatable bonds is 5. The zero-order valence-electron chi connectivity index (χ0n) is 17.5. The number of benzene rings is 1. The molecular weight excluding hydrogens is 402 g/mol. The fourth-order valence-electron chi connectivity index (χ4n) is 5.74. The van der Waals surface area contributed by atoms with Crippen LogP contribution in [0.25, 0.3) is 0 Å². The van der Waals surface area contributed by atoms with Crippen LogP contribution in [0, 0.1) is 5.92 Å². The second kappa shape index (κ2) is 9.38. The summed E-state index contributed by atoms with van der Waals surface area (Å²) in [6.45, 7) is 6.15. The van der Waals surface area contributed by atoms with E-state index in [1.165, 1.54) is 49.8 Å². The molecule has 170 valence electrons. The summed E-state index contributed by atoms with van der Waals surface area (Å²) in [6.07, 6.45) is 5.31. The second-order valence-electron chi connectivity index (χ2n) is 8.72. The maximum Gasteiger partial charge on any atom is 0.335 e. The first kappa shape index (κ1) is 23.2. The fourth-order valence-corrected chi connectivity index (χ4v) is 5.74. The number of carbonyl (C=O) groups is 2. The number of aliphatic hydroxyl groups is 2. The molecule has 8 heteroatoms. The number of fused-ring (bicyclic) bond motifs is 1. The van der Waals surface area contributed by atoms with Crippen LogP contribution in [0.3, 0.4) is 0 Å². The summed E-state index contributed by atoms with van der Waals surface area (Å²) < 4.78 is 0. The van der Waals surface area contributed by atoms with Crippen molar-refractivity contribution in [2.45, 2.75) is 62.2 Å². The van der Waals surface area contributed by atoms with Crippen LogP contribution in [0.15, 0.2) is 30.9 Å². The van der Waals surface area contributed by atoms with Gasteiger partial charge in [-0.1, -0.05) is 25.0 Å². The number of hydrogen-bond acceptors (Lipinski definition) is 6. The fraction of sp³-hybridized carbons (Fsp3) is 0.565. The molecular formula is C23H31NO7. The summed E-state index contributed by atoms with van der Waals surface area (Å²) in [5.74, 6) is -2.32. The van der Waals surface area contributed by atoms with Gasteiger partial charge in [-0.25, -0.2) is 9.59 Å². The van der Waals surface area contributed by atoms with Crippen molar-refractivity contribution in [2.75, 3.05) is 13.1 Å². The molecule has 1 saturated heterocycles. The van der Waals surface area contributed by atoms with Gasteiger partial charge in [-0.3, -0.25) is 4.90 Å². The van der Waals surface area contributed by atoms with Gasteiger partial charge < -0.3 is 25.5 Å². The van der Waals surface area contributed by atoms with E-state index in [1.807, 2.05) is 6.07 Å². The van der Waals surface area contributed by atoms with E-state index < -0.39 is 24.1 Å². The maximum atomic E-state index is 9.98. The lowest BCUT2D eigenvalue weighted by Gasteiger charge is -2.59. The molecule has 1 aromatic rings. The second-order valence-corrected chi connectivity index (χ2v) is 8.72. The topological polar surface area (TPSA) is 139 Å². The molecule has 1 aliphatic heterocycles. The number of nitrogens with zero attached hydrogens (tertiary/aromatic N) is 1. The Hall–Kier alpha value is -2.42. The maximum absolute atomic E-state index is 9.98. The van der Waals surface area contributed by atoms with Crippen molar-refractivity contribution in [3.8, 4) is 5.75 Å². The number of carboxylic acids is 2. The Morgan fingerprint density at radius 1 is 1.16 bits per heavy atom. The molecule has 0 aromatic heterocycles. The lowest BCUT2D eigenvalue weighted by Crippen LogP contribution is -2.60. The molecule has 2 bridgehead atoms. The van der Waals surface area contributed by atoms with Crippen LogP contribution in [0.1, 0.15) is 43.2 Å². The highest BCUT2D eigenvalue weighted by Crippen LogP contribution is 2.56. The average Bonchev–Trinajstić information content (AvgIpc) is 2.75.